The molecule has 0 aromatic heterocycles. The average Bonchev–Trinajstić information content (AvgIpc) is 3.00. The van der Waals surface area contributed by atoms with Crippen molar-refractivity contribution in [2.75, 3.05) is 0 Å². The Balaban J connectivity index is 1.75. The smallest absolute Gasteiger partial charge is 0.273 e. The highest BCUT2D eigenvalue weighted by Crippen LogP contribution is 2.44. The summed E-state index contributed by atoms with van der Waals surface area (Å²) < 4.78 is 62.7. The second kappa shape index (κ2) is 14.1. The van der Waals surface area contributed by atoms with Crippen molar-refractivity contribution >= 4 is 5.78 Å². The van der Waals surface area contributed by atoms with E-state index in [4.69, 9.17) is 0 Å². The van der Waals surface area contributed by atoms with Gasteiger partial charge in [0, 0.05) is 35.1 Å². The van der Waals surface area contributed by atoms with Gasteiger partial charge < -0.3 is 0 Å². The molecule has 2 aliphatic carbocycles. The van der Waals surface area contributed by atoms with E-state index in [1.165, 1.54) is 24.3 Å². The summed E-state index contributed by atoms with van der Waals surface area (Å²) in [7, 11) is 0. The molecule has 0 aliphatic heterocycles. The molecular weight excluding hydrogens is 536 g/mol. The minimum absolute atomic E-state index is 0.149. The molecule has 232 valence electrons. The highest BCUT2D eigenvalue weighted by Gasteiger charge is 2.39. The van der Waals surface area contributed by atoms with E-state index in [-0.39, 0.29) is 46.9 Å². The Kier molecular flexibility index (Phi) is 11.0. The van der Waals surface area contributed by atoms with E-state index in [1.54, 1.807) is 26.0 Å². The first-order valence-electron chi connectivity index (χ1n) is 16.6. The fourth-order valence-corrected chi connectivity index (χ4v) is 7.48. The number of rotatable bonds is 12. The SMILES string of the molecule is CCCC(F)(F)c1cc(C2CCC(CC)CC2)ccc1C(=O)c1ccc(C2CCC(CC)CC2)cc1C(F)(F)CCC. The molecule has 0 unspecified atom stereocenters. The van der Waals surface area contributed by atoms with Crippen LogP contribution in [0.3, 0.4) is 0 Å². The van der Waals surface area contributed by atoms with Gasteiger partial charge in [-0.2, -0.15) is 0 Å². The van der Waals surface area contributed by atoms with E-state index in [0.717, 1.165) is 75.3 Å². The van der Waals surface area contributed by atoms with Crippen molar-refractivity contribution in [2.45, 2.75) is 141 Å². The topological polar surface area (TPSA) is 17.1 Å². The molecule has 0 saturated heterocycles. The van der Waals surface area contributed by atoms with Gasteiger partial charge >= 0.3 is 0 Å². The van der Waals surface area contributed by atoms with Crippen LogP contribution in [-0.2, 0) is 11.8 Å². The minimum Gasteiger partial charge on any atom is -0.289 e. The van der Waals surface area contributed by atoms with Gasteiger partial charge in [0.1, 0.15) is 0 Å². The summed E-state index contributed by atoms with van der Waals surface area (Å²) in [5, 5.41) is 0. The molecule has 5 heteroatoms. The molecule has 0 heterocycles. The van der Waals surface area contributed by atoms with E-state index in [0.29, 0.717) is 11.8 Å². The van der Waals surface area contributed by atoms with Crippen molar-refractivity contribution in [3.63, 3.8) is 0 Å². The van der Waals surface area contributed by atoms with E-state index < -0.39 is 30.5 Å². The third-order valence-electron chi connectivity index (χ3n) is 10.3. The molecule has 42 heavy (non-hydrogen) atoms. The summed E-state index contributed by atoms with van der Waals surface area (Å²) in [6.07, 6.45) is 10.1. The molecule has 0 spiro atoms. The van der Waals surface area contributed by atoms with Gasteiger partial charge in [0.2, 0.25) is 0 Å². The lowest BCUT2D eigenvalue weighted by Gasteiger charge is -2.30. The molecule has 2 aliphatic rings. The summed E-state index contributed by atoms with van der Waals surface area (Å²) in [4.78, 5) is 14.1. The maximum atomic E-state index is 15.7. The van der Waals surface area contributed by atoms with Crippen LogP contribution in [0.15, 0.2) is 36.4 Å². The third kappa shape index (κ3) is 7.30. The van der Waals surface area contributed by atoms with Gasteiger partial charge in [-0.25, -0.2) is 17.6 Å². The summed E-state index contributed by atoms with van der Waals surface area (Å²) in [5.74, 6) is -5.46. The van der Waals surface area contributed by atoms with Gasteiger partial charge in [-0.15, -0.1) is 0 Å². The van der Waals surface area contributed by atoms with Gasteiger partial charge in [-0.05, 0) is 98.3 Å². The van der Waals surface area contributed by atoms with Crippen LogP contribution in [0.1, 0.15) is 168 Å². The van der Waals surface area contributed by atoms with Crippen LogP contribution in [0, 0.1) is 11.8 Å². The van der Waals surface area contributed by atoms with Crippen LogP contribution in [0.5, 0.6) is 0 Å². The van der Waals surface area contributed by atoms with Crippen molar-refractivity contribution in [1.29, 1.82) is 0 Å². The van der Waals surface area contributed by atoms with Crippen molar-refractivity contribution in [2.24, 2.45) is 11.8 Å². The number of carbonyl (C=O) groups excluding carboxylic acids is 1. The number of hydrogen-bond acceptors (Lipinski definition) is 1. The Morgan fingerprint density at radius 3 is 1.29 bits per heavy atom. The van der Waals surface area contributed by atoms with Crippen molar-refractivity contribution < 1.29 is 22.4 Å². The Bertz CT molecular complexity index is 1090. The Labute approximate surface area is 250 Å². The van der Waals surface area contributed by atoms with Crippen LogP contribution in [0.4, 0.5) is 17.6 Å². The zero-order valence-corrected chi connectivity index (χ0v) is 26.1. The van der Waals surface area contributed by atoms with Crippen molar-refractivity contribution in [1.82, 2.24) is 0 Å². The van der Waals surface area contributed by atoms with Gasteiger partial charge in [-0.3, -0.25) is 4.79 Å². The molecule has 0 radical (unpaired) electrons. The number of alkyl halides is 4. The van der Waals surface area contributed by atoms with Gasteiger partial charge in [-0.1, -0.05) is 77.6 Å². The molecule has 2 aromatic rings. The maximum absolute atomic E-state index is 15.7. The second-order valence-electron chi connectivity index (χ2n) is 13.1. The lowest BCUT2D eigenvalue weighted by molar-refractivity contribution is -0.0152. The molecule has 2 fully saturated rings. The predicted octanol–water partition coefficient (Wildman–Crippen LogP) is 12.1. The van der Waals surface area contributed by atoms with Gasteiger partial charge in [0.05, 0.1) is 0 Å². The van der Waals surface area contributed by atoms with E-state index >= 15 is 17.6 Å². The minimum atomic E-state index is -3.22. The van der Waals surface area contributed by atoms with E-state index in [2.05, 4.69) is 13.8 Å². The second-order valence-corrected chi connectivity index (χ2v) is 13.1. The van der Waals surface area contributed by atoms with Gasteiger partial charge in [0.15, 0.2) is 5.78 Å². The zero-order valence-electron chi connectivity index (χ0n) is 26.1. The molecule has 2 aromatic carbocycles. The molecule has 1 nitrogen and oxygen atoms in total. The van der Waals surface area contributed by atoms with E-state index in [9.17, 15) is 4.79 Å². The van der Waals surface area contributed by atoms with Crippen LogP contribution < -0.4 is 0 Å². The summed E-state index contributed by atoms with van der Waals surface area (Å²) in [6, 6.07) is 9.60. The first kappa shape index (κ1) is 32.7. The first-order chi connectivity index (χ1) is 20.0. The van der Waals surface area contributed by atoms with Crippen LogP contribution in [0.25, 0.3) is 0 Å². The normalized spacial score (nSPS) is 23.6. The monoisotopic (exact) mass is 586 g/mol. The van der Waals surface area contributed by atoms with Gasteiger partial charge in [0.25, 0.3) is 11.8 Å². The zero-order chi connectivity index (χ0) is 30.5. The highest BCUT2D eigenvalue weighted by atomic mass is 19.3. The Morgan fingerprint density at radius 1 is 0.619 bits per heavy atom. The Morgan fingerprint density at radius 2 is 0.976 bits per heavy atom. The molecule has 0 N–H and O–H groups in total. The number of halogens is 4. The number of benzene rings is 2. The number of hydrogen-bond donors (Lipinski definition) is 0. The molecule has 0 amide bonds. The molecule has 0 atom stereocenters. The number of ketones is 1. The highest BCUT2D eigenvalue weighted by molar-refractivity contribution is 6.11. The Hall–Kier alpha value is -2.17. The summed E-state index contributed by atoms with van der Waals surface area (Å²) >= 11 is 0. The van der Waals surface area contributed by atoms with E-state index in [1.807, 2.05) is 0 Å². The molecule has 2 saturated carbocycles. The standard InChI is InChI=1S/C37H50F4O/c1-5-21-36(38,39)33-23-29(27-13-9-25(7-3)10-14-27)17-19-31(33)35(42)32-20-18-30(24-34(32)37(40,41)22-6-2)28-15-11-26(8-4)12-16-28/h17-20,23-28H,5-16,21-22H2,1-4H3. The van der Waals surface area contributed by atoms with Crippen LogP contribution >= 0.6 is 0 Å². The third-order valence-corrected chi connectivity index (χ3v) is 10.3. The maximum Gasteiger partial charge on any atom is 0.273 e. The van der Waals surface area contributed by atoms with Crippen molar-refractivity contribution in [3.05, 3.63) is 69.8 Å². The summed E-state index contributed by atoms with van der Waals surface area (Å²) in [5.41, 5.74) is 0.753. The van der Waals surface area contributed by atoms with Crippen LogP contribution in [0.2, 0.25) is 0 Å². The average molecular weight is 587 g/mol. The largest absolute Gasteiger partial charge is 0.289 e. The molecule has 4 rings (SSSR count). The fourth-order valence-electron chi connectivity index (χ4n) is 7.48. The van der Waals surface area contributed by atoms with Crippen LogP contribution in [-0.4, -0.2) is 5.78 Å². The molecule has 0 bridgehead atoms. The lowest BCUT2D eigenvalue weighted by Crippen LogP contribution is -2.23. The first-order valence-corrected chi connectivity index (χ1v) is 16.6. The van der Waals surface area contributed by atoms with Crippen molar-refractivity contribution in [3.8, 4) is 0 Å². The predicted molar refractivity (Wildman–Crippen MR) is 164 cm³/mol. The summed E-state index contributed by atoms with van der Waals surface area (Å²) in [6.45, 7) is 7.77. The quantitative estimate of drug-likeness (QED) is 0.179. The number of carbonyl (C=O) groups is 1. The lowest BCUT2D eigenvalue weighted by atomic mass is 9.76. The molecular formula is C37H50F4O. The fraction of sp³-hybridized carbons (Fsp3) is 0.649.